The summed E-state index contributed by atoms with van der Waals surface area (Å²) in [7, 11) is 0. The number of carbonyl (C=O) groups is 1. The van der Waals surface area contributed by atoms with E-state index in [1.807, 2.05) is 60.7 Å². The van der Waals surface area contributed by atoms with Crippen molar-refractivity contribution in [3.8, 4) is 0 Å². The van der Waals surface area contributed by atoms with Crippen molar-refractivity contribution >= 4 is 11.6 Å². The summed E-state index contributed by atoms with van der Waals surface area (Å²) in [5.41, 5.74) is 5.30. The highest BCUT2D eigenvalue weighted by Gasteiger charge is 2.06. The minimum Gasteiger partial charge on any atom is -0.273 e. The molecule has 3 nitrogen and oxygen atoms in total. The molecule has 0 aliphatic carbocycles. The average molecular weight is 252 g/mol. The van der Waals surface area contributed by atoms with E-state index >= 15 is 0 Å². The number of nitrogens with one attached hydrogen (secondary N) is 1. The van der Waals surface area contributed by atoms with E-state index in [1.165, 1.54) is 0 Å². The Morgan fingerprint density at radius 1 is 0.947 bits per heavy atom. The third-order valence-corrected chi connectivity index (χ3v) is 2.71. The van der Waals surface area contributed by atoms with Gasteiger partial charge in [-0.05, 0) is 0 Å². The molecule has 96 valence electrons. The van der Waals surface area contributed by atoms with E-state index < -0.39 is 0 Å². The quantitative estimate of drug-likeness (QED) is 0.659. The van der Waals surface area contributed by atoms with Crippen molar-refractivity contribution in [3.05, 3.63) is 71.8 Å². The van der Waals surface area contributed by atoms with Crippen molar-refractivity contribution in [2.45, 2.75) is 13.3 Å². The Bertz CT molecular complexity index is 520. The molecule has 0 saturated heterocycles. The maximum atomic E-state index is 11.4. The maximum absolute atomic E-state index is 11.4. The zero-order valence-corrected chi connectivity index (χ0v) is 10.8. The summed E-state index contributed by atoms with van der Waals surface area (Å²) >= 11 is 0. The molecular formula is C16H16N2O. The van der Waals surface area contributed by atoms with Gasteiger partial charge in [-0.2, -0.15) is 5.10 Å². The van der Waals surface area contributed by atoms with Gasteiger partial charge in [-0.1, -0.05) is 67.6 Å². The van der Waals surface area contributed by atoms with Gasteiger partial charge in [-0.15, -0.1) is 0 Å². The maximum Gasteiger partial charge on any atom is 0.239 e. The van der Waals surface area contributed by atoms with Crippen LogP contribution in [0.25, 0.3) is 0 Å². The van der Waals surface area contributed by atoms with Gasteiger partial charge in [0.25, 0.3) is 0 Å². The molecule has 1 amide bonds. The molecule has 0 spiro atoms. The average Bonchev–Trinajstić information content (AvgIpc) is 2.49. The molecule has 0 heterocycles. The predicted octanol–water partition coefficient (Wildman–Crippen LogP) is 2.97. The highest BCUT2D eigenvalue weighted by molar-refractivity contribution is 6.13. The number of amides is 1. The number of nitrogens with zero attached hydrogens (tertiary/aromatic N) is 1. The predicted molar refractivity (Wildman–Crippen MR) is 77.0 cm³/mol. The lowest BCUT2D eigenvalue weighted by Gasteiger charge is -2.07. The zero-order valence-electron chi connectivity index (χ0n) is 10.8. The lowest BCUT2D eigenvalue weighted by Crippen LogP contribution is -2.19. The summed E-state index contributed by atoms with van der Waals surface area (Å²) in [4.78, 5) is 11.4. The van der Waals surface area contributed by atoms with Gasteiger partial charge in [0.15, 0.2) is 0 Å². The first kappa shape index (κ1) is 13.0. The van der Waals surface area contributed by atoms with Crippen LogP contribution in [0.2, 0.25) is 0 Å². The molecular weight excluding hydrogens is 236 g/mol. The molecule has 0 aliphatic heterocycles. The van der Waals surface area contributed by atoms with E-state index in [4.69, 9.17) is 0 Å². The summed E-state index contributed by atoms with van der Waals surface area (Å²) in [5.74, 6) is -0.0932. The van der Waals surface area contributed by atoms with Gasteiger partial charge in [-0.25, -0.2) is 5.43 Å². The van der Waals surface area contributed by atoms with E-state index in [2.05, 4.69) is 10.5 Å². The lowest BCUT2D eigenvalue weighted by atomic mass is 10.0. The molecule has 0 unspecified atom stereocenters. The van der Waals surface area contributed by atoms with E-state index in [0.29, 0.717) is 6.42 Å². The monoisotopic (exact) mass is 252 g/mol. The third-order valence-electron chi connectivity index (χ3n) is 2.71. The van der Waals surface area contributed by atoms with Crippen LogP contribution in [0.1, 0.15) is 24.5 Å². The second-order valence-corrected chi connectivity index (χ2v) is 4.08. The van der Waals surface area contributed by atoms with E-state index in [1.54, 1.807) is 6.92 Å². The van der Waals surface area contributed by atoms with Gasteiger partial charge in [0.1, 0.15) is 0 Å². The number of hydrogen-bond acceptors (Lipinski definition) is 2. The lowest BCUT2D eigenvalue weighted by molar-refractivity contribution is -0.120. The van der Waals surface area contributed by atoms with Crippen molar-refractivity contribution in [2.24, 2.45) is 5.10 Å². The largest absolute Gasteiger partial charge is 0.273 e. The Morgan fingerprint density at radius 2 is 1.42 bits per heavy atom. The number of carbonyl (C=O) groups excluding carboxylic acids is 1. The SMILES string of the molecule is CCC(=O)NN=C(c1ccccc1)c1ccccc1. The Kier molecular flexibility index (Phi) is 4.45. The van der Waals surface area contributed by atoms with Gasteiger partial charge < -0.3 is 0 Å². The molecule has 0 atom stereocenters. The van der Waals surface area contributed by atoms with Crippen LogP contribution in [0.15, 0.2) is 65.8 Å². The second kappa shape index (κ2) is 6.50. The normalized spacial score (nSPS) is 9.74. The first-order valence-electron chi connectivity index (χ1n) is 6.28. The van der Waals surface area contributed by atoms with Gasteiger partial charge >= 0.3 is 0 Å². The molecule has 0 radical (unpaired) electrons. The van der Waals surface area contributed by atoms with Crippen LogP contribution in [0, 0.1) is 0 Å². The van der Waals surface area contributed by atoms with Crippen LogP contribution in [0.4, 0.5) is 0 Å². The van der Waals surface area contributed by atoms with Crippen molar-refractivity contribution in [1.29, 1.82) is 0 Å². The Hall–Kier alpha value is -2.42. The number of hydrogen-bond donors (Lipinski definition) is 1. The highest BCUT2D eigenvalue weighted by Crippen LogP contribution is 2.10. The van der Waals surface area contributed by atoms with Crippen LogP contribution in [-0.2, 0) is 4.79 Å². The summed E-state index contributed by atoms with van der Waals surface area (Å²) in [5, 5.41) is 4.25. The molecule has 2 aromatic rings. The molecule has 1 N–H and O–H groups in total. The third kappa shape index (κ3) is 3.52. The minimum atomic E-state index is -0.0932. The molecule has 0 aliphatic rings. The molecule has 0 saturated carbocycles. The van der Waals surface area contributed by atoms with Crippen molar-refractivity contribution in [2.75, 3.05) is 0 Å². The smallest absolute Gasteiger partial charge is 0.239 e. The van der Waals surface area contributed by atoms with Crippen molar-refractivity contribution in [3.63, 3.8) is 0 Å². The summed E-state index contributed by atoms with van der Waals surface area (Å²) in [6.45, 7) is 1.80. The highest BCUT2D eigenvalue weighted by atomic mass is 16.2. The zero-order chi connectivity index (χ0) is 13.5. The van der Waals surface area contributed by atoms with Crippen LogP contribution in [0.5, 0.6) is 0 Å². The first-order valence-corrected chi connectivity index (χ1v) is 6.28. The number of hydrazone groups is 1. The molecule has 19 heavy (non-hydrogen) atoms. The second-order valence-electron chi connectivity index (χ2n) is 4.08. The number of benzene rings is 2. The Labute approximate surface area is 113 Å². The Morgan fingerprint density at radius 3 is 1.84 bits per heavy atom. The fraction of sp³-hybridized carbons (Fsp3) is 0.125. The fourth-order valence-electron chi connectivity index (χ4n) is 1.69. The van der Waals surface area contributed by atoms with Gasteiger partial charge in [0.2, 0.25) is 5.91 Å². The molecule has 0 fully saturated rings. The fourth-order valence-corrected chi connectivity index (χ4v) is 1.69. The van der Waals surface area contributed by atoms with Crippen molar-refractivity contribution < 1.29 is 4.79 Å². The summed E-state index contributed by atoms with van der Waals surface area (Å²) in [6, 6.07) is 19.6. The van der Waals surface area contributed by atoms with Gasteiger partial charge in [0, 0.05) is 17.5 Å². The van der Waals surface area contributed by atoms with Crippen LogP contribution in [0.3, 0.4) is 0 Å². The van der Waals surface area contributed by atoms with Gasteiger partial charge in [0.05, 0.1) is 5.71 Å². The molecule has 0 bridgehead atoms. The molecule has 2 aromatic carbocycles. The van der Waals surface area contributed by atoms with Crippen molar-refractivity contribution in [1.82, 2.24) is 5.43 Å². The Balaban J connectivity index is 2.37. The standard InChI is InChI=1S/C16H16N2O/c1-2-15(19)17-18-16(13-9-5-3-6-10-13)14-11-7-4-8-12-14/h3-12H,2H2,1H3,(H,17,19). The van der Waals surface area contributed by atoms with E-state index in [-0.39, 0.29) is 5.91 Å². The summed E-state index contributed by atoms with van der Waals surface area (Å²) in [6.07, 6.45) is 0.417. The van der Waals surface area contributed by atoms with E-state index in [9.17, 15) is 4.79 Å². The van der Waals surface area contributed by atoms with Crippen LogP contribution >= 0.6 is 0 Å². The van der Waals surface area contributed by atoms with Crippen LogP contribution in [-0.4, -0.2) is 11.6 Å². The summed E-state index contributed by atoms with van der Waals surface area (Å²) < 4.78 is 0. The topological polar surface area (TPSA) is 41.5 Å². The first-order chi connectivity index (χ1) is 9.31. The van der Waals surface area contributed by atoms with Gasteiger partial charge in [-0.3, -0.25) is 4.79 Å². The van der Waals surface area contributed by atoms with Crippen LogP contribution < -0.4 is 5.43 Å². The number of rotatable bonds is 4. The molecule has 0 aromatic heterocycles. The molecule has 2 rings (SSSR count). The minimum absolute atomic E-state index is 0.0932. The van der Waals surface area contributed by atoms with E-state index in [0.717, 1.165) is 16.8 Å². The molecule has 3 heteroatoms.